The van der Waals surface area contributed by atoms with Crippen molar-refractivity contribution in [1.82, 2.24) is 0 Å². The number of allylic oxidation sites excluding steroid dienone is 4. The van der Waals surface area contributed by atoms with E-state index >= 15 is 0 Å². The second-order valence-electron chi connectivity index (χ2n) is 4.98. The van der Waals surface area contributed by atoms with Crippen LogP contribution in [0.5, 0.6) is 0 Å². The SMILES string of the molecule is CC(C)(C1=CCCCC=C1)c1ccccc1. The van der Waals surface area contributed by atoms with E-state index in [4.69, 9.17) is 0 Å². The molecule has 84 valence electrons. The molecule has 0 bridgehead atoms. The van der Waals surface area contributed by atoms with Crippen LogP contribution in [-0.4, -0.2) is 0 Å². The van der Waals surface area contributed by atoms with Gasteiger partial charge in [-0.3, -0.25) is 0 Å². The Labute approximate surface area is 98.7 Å². The van der Waals surface area contributed by atoms with Crippen LogP contribution in [-0.2, 0) is 5.41 Å². The topological polar surface area (TPSA) is 0 Å². The van der Waals surface area contributed by atoms with Gasteiger partial charge < -0.3 is 0 Å². The smallest absolute Gasteiger partial charge is 0.0143 e. The van der Waals surface area contributed by atoms with Gasteiger partial charge in [-0.1, -0.05) is 62.4 Å². The number of benzene rings is 1. The largest absolute Gasteiger partial charge is 0.0842 e. The van der Waals surface area contributed by atoms with Crippen LogP contribution in [0.3, 0.4) is 0 Å². The van der Waals surface area contributed by atoms with Gasteiger partial charge in [0.1, 0.15) is 0 Å². The Morgan fingerprint density at radius 3 is 2.50 bits per heavy atom. The van der Waals surface area contributed by atoms with Gasteiger partial charge in [0, 0.05) is 5.41 Å². The molecule has 1 aliphatic rings. The summed E-state index contributed by atoms with van der Waals surface area (Å²) in [6, 6.07) is 10.8. The highest BCUT2D eigenvalue weighted by molar-refractivity contribution is 5.40. The summed E-state index contributed by atoms with van der Waals surface area (Å²) in [4.78, 5) is 0. The summed E-state index contributed by atoms with van der Waals surface area (Å²) in [6.45, 7) is 4.62. The van der Waals surface area contributed by atoms with Crippen LogP contribution in [0, 0.1) is 0 Å². The van der Waals surface area contributed by atoms with E-state index in [0.29, 0.717) is 0 Å². The second-order valence-corrected chi connectivity index (χ2v) is 4.98. The normalized spacial score (nSPS) is 16.8. The van der Waals surface area contributed by atoms with Crippen LogP contribution in [0.15, 0.2) is 54.1 Å². The highest BCUT2D eigenvalue weighted by atomic mass is 14.3. The van der Waals surface area contributed by atoms with E-state index in [0.717, 1.165) is 0 Å². The van der Waals surface area contributed by atoms with E-state index in [1.165, 1.54) is 30.4 Å². The highest BCUT2D eigenvalue weighted by Gasteiger charge is 2.23. The molecular weight excluding hydrogens is 192 g/mol. The van der Waals surface area contributed by atoms with Crippen molar-refractivity contribution in [3.8, 4) is 0 Å². The van der Waals surface area contributed by atoms with Crippen LogP contribution >= 0.6 is 0 Å². The first-order valence-electron chi connectivity index (χ1n) is 6.14. The zero-order chi connectivity index (χ0) is 11.4. The summed E-state index contributed by atoms with van der Waals surface area (Å²) in [5, 5.41) is 0. The minimum absolute atomic E-state index is 0.127. The van der Waals surface area contributed by atoms with Crippen LogP contribution in [0.1, 0.15) is 38.7 Å². The summed E-state index contributed by atoms with van der Waals surface area (Å²) in [5.41, 5.74) is 2.98. The molecular formula is C16H20. The molecule has 0 nitrogen and oxygen atoms in total. The van der Waals surface area contributed by atoms with Crippen molar-refractivity contribution in [2.75, 3.05) is 0 Å². The van der Waals surface area contributed by atoms with Gasteiger partial charge in [0.15, 0.2) is 0 Å². The van der Waals surface area contributed by atoms with Crippen molar-refractivity contribution >= 4 is 0 Å². The predicted octanol–water partition coefficient (Wildman–Crippen LogP) is 4.63. The zero-order valence-electron chi connectivity index (χ0n) is 10.2. The fourth-order valence-electron chi connectivity index (χ4n) is 2.26. The molecule has 1 aromatic carbocycles. The van der Waals surface area contributed by atoms with Crippen molar-refractivity contribution in [2.24, 2.45) is 0 Å². The maximum Gasteiger partial charge on any atom is 0.0143 e. The molecule has 0 fully saturated rings. The van der Waals surface area contributed by atoms with Crippen molar-refractivity contribution in [1.29, 1.82) is 0 Å². The summed E-state index contributed by atoms with van der Waals surface area (Å²) in [6.07, 6.45) is 10.7. The minimum atomic E-state index is 0.127. The molecule has 0 saturated heterocycles. The van der Waals surface area contributed by atoms with Crippen molar-refractivity contribution < 1.29 is 0 Å². The molecule has 1 aromatic rings. The number of rotatable bonds is 2. The van der Waals surface area contributed by atoms with Gasteiger partial charge in [-0.05, 0) is 30.4 Å². The molecule has 2 rings (SSSR count). The maximum absolute atomic E-state index is 2.40. The lowest BCUT2D eigenvalue weighted by Crippen LogP contribution is -2.19. The number of hydrogen-bond donors (Lipinski definition) is 0. The molecule has 0 saturated carbocycles. The van der Waals surface area contributed by atoms with E-state index in [2.05, 4.69) is 62.4 Å². The fourth-order valence-corrected chi connectivity index (χ4v) is 2.26. The van der Waals surface area contributed by atoms with Crippen molar-refractivity contribution in [3.05, 3.63) is 59.7 Å². The Kier molecular flexibility index (Phi) is 3.28. The monoisotopic (exact) mass is 212 g/mol. The second kappa shape index (κ2) is 4.69. The van der Waals surface area contributed by atoms with E-state index in [1.54, 1.807) is 0 Å². The van der Waals surface area contributed by atoms with Crippen LogP contribution < -0.4 is 0 Å². The Bertz CT molecular complexity index is 393. The van der Waals surface area contributed by atoms with Gasteiger partial charge in [0.2, 0.25) is 0 Å². The molecule has 0 N–H and O–H groups in total. The summed E-state index contributed by atoms with van der Waals surface area (Å²) >= 11 is 0. The molecule has 0 spiro atoms. The molecule has 0 amide bonds. The van der Waals surface area contributed by atoms with Gasteiger partial charge in [-0.25, -0.2) is 0 Å². The Balaban J connectivity index is 2.34. The average Bonchev–Trinajstić information content (AvgIpc) is 2.59. The Morgan fingerprint density at radius 2 is 1.75 bits per heavy atom. The first-order chi connectivity index (χ1) is 7.71. The number of hydrogen-bond acceptors (Lipinski definition) is 0. The Hall–Kier alpha value is -1.30. The molecule has 0 heteroatoms. The first kappa shape index (κ1) is 11.2. The van der Waals surface area contributed by atoms with Gasteiger partial charge in [-0.15, -0.1) is 0 Å². The third-order valence-electron chi connectivity index (χ3n) is 3.45. The lowest BCUT2D eigenvalue weighted by Gasteiger charge is -2.27. The molecule has 0 aromatic heterocycles. The maximum atomic E-state index is 2.40. The molecule has 0 heterocycles. The molecule has 0 atom stereocenters. The van der Waals surface area contributed by atoms with Gasteiger partial charge in [0.25, 0.3) is 0 Å². The molecule has 0 radical (unpaired) electrons. The first-order valence-corrected chi connectivity index (χ1v) is 6.14. The minimum Gasteiger partial charge on any atom is -0.0842 e. The third kappa shape index (κ3) is 2.27. The van der Waals surface area contributed by atoms with E-state index in [9.17, 15) is 0 Å². The van der Waals surface area contributed by atoms with E-state index in [-0.39, 0.29) is 5.41 Å². The quantitative estimate of drug-likeness (QED) is 0.670. The lowest BCUT2D eigenvalue weighted by atomic mass is 9.77. The standard InChI is InChI=1S/C16H20/c1-16(2,15-12-8-5-9-13-15)14-10-6-3-4-7-11-14/h5-6,8-13H,3-4,7H2,1-2H3. The van der Waals surface area contributed by atoms with E-state index in [1.807, 2.05) is 0 Å². The molecule has 16 heavy (non-hydrogen) atoms. The van der Waals surface area contributed by atoms with Crippen molar-refractivity contribution in [3.63, 3.8) is 0 Å². The van der Waals surface area contributed by atoms with Gasteiger partial charge >= 0.3 is 0 Å². The van der Waals surface area contributed by atoms with Gasteiger partial charge in [0.05, 0.1) is 0 Å². The van der Waals surface area contributed by atoms with Gasteiger partial charge in [-0.2, -0.15) is 0 Å². The summed E-state index contributed by atoms with van der Waals surface area (Å²) in [5.74, 6) is 0. The molecule has 0 aliphatic heterocycles. The van der Waals surface area contributed by atoms with Crippen LogP contribution in [0.25, 0.3) is 0 Å². The summed E-state index contributed by atoms with van der Waals surface area (Å²) < 4.78 is 0. The van der Waals surface area contributed by atoms with Crippen molar-refractivity contribution in [2.45, 2.75) is 38.5 Å². The van der Waals surface area contributed by atoms with E-state index < -0.39 is 0 Å². The average molecular weight is 212 g/mol. The third-order valence-corrected chi connectivity index (χ3v) is 3.45. The zero-order valence-corrected chi connectivity index (χ0v) is 10.2. The predicted molar refractivity (Wildman–Crippen MR) is 70.5 cm³/mol. The fraction of sp³-hybridized carbons (Fsp3) is 0.375. The Morgan fingerprint density at radius 1 is 1.00 bits per heavy atom. The van der Waals surface area contributed by atoms with Crippen LogP contribution in [0.4, 0.5) is 0 Å². The molecule has 1 aliphatic carbocycles. The van der Waals surface area contributed by atoms with Crippen LogP contribution in [0.2, 0.25) is 0 Å². The highest BCUT2D eigenvalue weighted by Crippen LogP contribution is 2.33. The summed E-state index contributed by atoms with van der Waals surface area (Å²) in [7, 11) is 0. The molecule has 0 unspecified atom stereocenters. The lowest BCUT2D eigenvalue weighted by molar-refractivity contribution is 0.636.